The highest BCUT2D eigenvalue weighted by Gasteiger charge is 2.18. The van der Waals surface area contributed by atoms with Crippen LogP contribution < -0.4 is 5.32 Å². The smallest absolute Gasteiger partial charge is 0.0378 e. The Balaban J connectivity index is 2.58. The minimum absolute atomic E-state index is 0.719. The monoisotopic (exact) mass is 175 g/mol. The molecule has 0 amide bonds. The molecule has 70 valence electrons. The van der Waals surface area contributed by atoms with Crippen LogP contribution in [0.4, 0.5) is 5.69 Å². The lowest BCUT2D eigenvalue weighted by molar-refractivity contribution is 0.678. The molecule has 1 aromatic rings. The molecule has 13 heavy (non-hydrogen) atoms. The van der Waals surface area contributed by atoms with Crippen molar-refractivity contribution in [2.24, 2.45) is 0 Å². The maximum Gasteiger partial charge on any atom is 0.0378 e. The van der Waals surface area contributed by atoms with Gasteiger partial charge in [0.25, 0.3) is 0 Å². The maximum absolute atomic E-state index is 3.46. The predicted octanol–water partition coefficient (Wildman–Crippen LogP) is 3.22. The fraction of sp³-hybridized carbons (Fsp3) is 0.500. The van der Waals surface area contributed by atoms with Crippen LogP contribution >= 0.6 is 0 Å². The lowest BCUT2D eigenvalue weighted by atomic mass is 9.87. The fourth-order valence-corrected chi connectivity index (χ4v) is 2.19. The fourth-order valence-electron chi connectivity index (χ4n) is 2.19. The summed E-state index contributed by atoms with van der Waals surface area (Å²) in [5, 5.41) is 3.46. The molecular formula is C12H17N. The van der Waals surface area contributed by atoms with Gasteiger partial charge in [-0.15, -0.1) is 0 Å². The van der Waals surface area contributed by atoms with E-state index >= 15 is 0 Å². The zero-order valence-electron chi connectivity index (χ0n) is 8.65. The van der Waals surface area contributed by atoms with Gasteiger partial charge in [0.1, 0.15) is 0 Å². The van der Waals surface area contributed by atoms with Gasteiger partial charge < -0.3 is 5.32 Å². The Morgan fingerprint density at radius 3 is 2.85 bits per heavy atom. The van der Waals surface area contributed by atoms with Gasteiger partial charge in [0, 0.05) is 12.2 Å². The molecule has 0 aromatic heterocycles. The number of fused-ring (bicyclic) bond motifs is 1. The summed E-state index contributed by atoms with van der Waals surface area (Å²) in [6, 6.07) is 4.42. The second-order valence-corrected chi connectivity index (χ2v) is 4.09. The molecule has 1 N–H and O–H groups in total. The van der Waals surface area contributed by atoms with Crippen molar-refractivity contribution in [3.63, 3.8) is 0 Å². The second kappa shape index (κ2) is 3.06. The second-order valence-electron chi connectivity index (χ2n) is 4.09. The Kier molecular flexibility index (Phi) is 2.03. The van der Waals surface area contributed by atoms with Crippen molar-refractivity contribution in [1.82, 2.24) is 0 Å². The van der Waals surface area contributed by atoms with Gasteiger partial charge in [0.2, 0.25) is 0 Å². The van der Waals surface area contributed by atoms with Crippen molar-refractivity contribution < 1.29 is 0 Å². The molecule has 1 atom stereocenters. The van der Waals surface area contributed by atoms with Gasteiger partial charge in [0.15, 0.2) is 0 Å². The lowest BCUT2D eigenvalue weighted by Gasteiger charge is -2.26. The van der Waals surface area contributed by atoms with Gasteiger partial charge in [-0.05, 0) is 48.9 Å². The van der Waals surface area contributed by atoms with Crippen LogP contribution in [-0.2, 0) is 0 Å². The standard InChI is InChI=1S/C12H17N/c1-8-4-5-11-12(10(8)3)9(2)6-7-13-11/h4-5,9,13H,6-7H2,1-3H3. The van der Waals surface area contributed by atoms with Crippen LogP contribution in [0, 0.1) is 13.8 Å². The van der Waals surface area contributed by atoms with Crippen LogP contribution in [0.1, 0.15) is 36.0 Å². The summed E-state index contributed by atoms with van der Waals surface area (Å²) in [7, 11) is 0. The van der Waals surface area contributed by atoms with E-state index in [-0.39, 0.29) is 0 Å². The average molecular weight is 175 g/mol. The molecule has 0 radical (unpaired) electrons. The molecule has 2 rings (SSSR count). The highest BCUT2D eigenvalue weighted by atomic mass is 14.9. The number of benzene rings is 1. The molecule has 1 heterocycles. The quantitative estimate of drug-likeness (QED) is 0.638. The average Bonchev–Trinajstić information content (AvgIpc) is 2.12. The molecule has 1 aliphatic heterocycles. The Hall–Kier alpha value is -0.980. The van der Waals surface area contributed by atoms with E-state index < -0.39 is 0 Å². The first-order chi connectivity index (χ1) is 6.20. The van der Waals surface area contributed by atoms with Crippen molar-refractivity contribution in [2.45, 2.75) is 33.1 Å². The molecule has 0 saturated heterocycles. The lowest BCUT2D eigenvalue weighted by Crippen LogP contribution is -2.16. The summed E-state index contributed by atoms with van der Waals surface area (Å²) < 4.78 is 0. The third kappa shape index (κ3) is 1.32. The van der Waals surface area contributed by atoms with E-state index in [9.17, 15) is 0 Å². The van der Waals surface area contributed by atoms with Gasteiger partial charge in [0.05, 0.1) is 0 Å². The van der Waals surface area contributed by atoms with Crippen LogP contribution in [0.25, 0.3) is 0 Å². The summed E-state index contributed by atoms with van der Waals surface area (Å²) in [5.41, 5.74) is 5.76. The van der Waals surface area contributed by atoms with E-state index in [2.05, 4.69) is 38.2 Å². The predicted molar refractivity (Wildman–Crippen MR) is 57.4 cm³/mol. The minimum atomic E-state index is 0.719. The number of aryl methyl sites for hydroxylation is 1. The summed E-state index contributed by atoms with van der Waals surface area (Å²) in [6.45, 7) is 7.87. The molecule has 1 aromatic carbocycles. The van der Waals surface area contributed by atoms with E-state index in [1.807, 2.05) is 0 Å². The van der Waals surface area contributed by atoms with Gasteiger partial charge in [-0.1, -0.05) is 13.0 Å². The SMILES string of the molecule is Cc1ccc2c(c1C)C(C)CCN2. The van der Waals surface area contributed by atoms with Crippen LogP contribution in [0.5, 0.6) is 0 Å². The van der Waals surface area contributed by atoms with Crippen molar-refractivity contribution in [3.8, 4) is 0 Å². The van der Waals surface area contributed by atoms with E-state index in [0.29, 0.717) is 0 Å². The first-order valence-corrected chi connectivity index (χ1v) is 5.04. The first-order valence-electron chi connectivity index (χ1n) is 5.04. The number of rotatable bonds is 0. The Bertz CT molecular complexity index is 328. The van der Waals surface area contributed by atoms with E-state index in [1.54, 1.807) is 0 Å². The summed E-state index contributed by atoms with van der Waals surface area (Å²) in [6.07, 6.45) is 1.26. The molecule has 0 saturated carbocycles. The molecule has 1 nitrogen and oxygen atoms in total. The van der Waals surface area contributed by atoms with Crippen LogP contribution in [-0.4, -0.2) is 6.54 Å². The Labute approximate surface area is 80.2 Å². The topological polar surface area (TPSA) is 12.0 Å². The summed E-state index contributed by atoms with van der Waals surface area (Å²) in [4.78, 5) is 0. The summed E-state index contributed by atoms with van der Waals surface area (Å²) >= 11 is 0. The number of nitrogens with one attached hydrogen (secondary N) is 1. The van der Waals surface area contributed by atoms with E-state index in [4.69, 9.17) is 0 Å². The third-order valence-electron chi connectivity index (χ3n) is 3.17. The van der Waals surface area contributed by atoms with Crippen LogP contribution in [0.15, 0.2) is 12.1 Å². The normalized spacial score (nSPS) is 20.7. The minimum Gasteiger partial charge on any atom is -0.385 e. The molecule has 1 aliphatic rings. The third-order valence-corrected chi connectivity index (χ3v) is 3.17. The highest BCUT2D eigenvalue weighted by Crippen LogP contribution is 2.34. The zero-order valence-corrected chi connectivity index (χ0v) is 8.65. The van der Waals surface area contributed by atoms with Crippen LogP contribution in [0.3, 0.4) is 0 Å². The van der Waals surface area contributed by atoms with E-state index in [0.717, 1.165) is 12.5 Å². The van der Waals surface area contributed by atoms with Crippen molar-refractivity contribution >= 4 is 5.69 Å². The Morgan fingerprint density at radius 2 is 2.08 bits per heavy atom. The number of hydrogen-bond acceptors (Lipinski definition) is 1. The molecule has 1 unspecified atom stereocenters. The zero-order chi connectivity index (χ0) is 9.42. The molecule has 0 aliphatic carbocycles. The molecule has 0 spiro atoms. The largest absolute Gasteiger partial charge is 0.385 e. The number of anilines is 1. The Morgan fingerprint density at radius 1 is 1.31 bits per heavy atom. The summed E-state index contributed by atoms with van der Waals surface area (Å²) in [5.74, 6) is 0.719. The highest BCUT2D eigenvalue weighted by molar-refractivity contribution is 5.59. The van der Waals surface area contributed by atoms with Crippen molar-refractivity contribution in [1.29, 1.82) is 0 Å². The van der Waals surface area contributed by atoms with E-state index in [1.165, 1.54) is 28.8 Å². The van der Waals surface area contributed by atoms with Gasteiger partial charge in [-0.25, -0.2) is 0 Å². The van der Waals surface area contributed by atoms with Crippen LogP contribution in [0.2, 0.25) is 0 Å². The van der Waals surface area contributed by atoms with Crippen molar-refractivity contribution in [2.75, 3.05) is 11.9 Å². The molecule has 0 fully saturated rings. The first kappa shape index (κ1) is 8.61. The van der Waals surface area contributed by atoms with Crippen molar-refractivity contribution in [3.05, 3.63) is 28.8 Å². The maximum atomic E-state index is 3.46. The molecular weight excluding hydrogens is 158 g/mol. The molecule has 1 heteroatoms. The number of hydrogen-bond donors (Lipinski definition) is 1. The molecule has 0 bridgehead atoms. The van der Waals surface area contributed by atoms with Gasteiger partial charge in [-0.2, -0.15) is 0 Å². The van der Waals surface area contributed by atoms with Gasteiger partial charge >= 0.3 is 0 Å². The van der Waals surface area contributed by atoms with Gasteiger partial charge in [-0.3, -0.25) is 0 Å².